The van der Waals surface area contributed by atoms with E-state index in [0.29, 0.717) is 17.5 Å². The van der Waals surface area contributed by atoms with Crippen molar-refractivity contribution >= 4 is 3.21 Å². The monoisotopic (exact) mass is 916 g/mol. The molecule has 0 radical (unpaired) electrons. The average molecular weight is 919 g/mol. The van der Waals surface area contributed by atoms with E-state index in [0.717, 1.165) is 27.5 Å². The van der Waals surface area contributed by atoms with Crippen LogP contribution < -0.4 is 24.8 Å². The van der Waals surface area contributed by atoms with Gasteiger partial charge in [0.2, 0.25) is 0 Å². The van der Waals surface area contributed by atoms with Crippen molar-refractivity contribution in [2.24, 2.45) is 0 Å². The third kappa shape index (κ3) is 9.43. The summed E-state index contributed by atoms with van der Waals surface area (Å²) in [6.07, 6.45) is -2.02. The number of hydrogen-bond acceptors (Lipinski definition) is 0. The minimum atomic E-state index is -4.53. The molecule has 0 unspecified atom stereocenters. The molecule has 0 nitrogen and oxygen atoms in total. The Hall–Kier alpha value is -2.73. The van der Waals surface area contributed by atoms with E-state index in [1.807, 2.05) is 0 Å². The van der Waals surface area contributed by atoms with Crippen molar-refractivity contribution in [2.45, 2.75) is 127 Å². The van der Waals surface area contributed by atoms with Crippen molar-refractivity contribution in [1.29, 1.82) is 0 Å². The van der Waals surface area contributed by atoms with Crippen molar-refractivity contribution in [3.63, 3.8) is 0 Å². The van der Waals surface area contributed by atoms with Gasteiger partial charge in [-0.3, -0.25) is 0 Å². The van der Waals surface area contributed by atoms with Crippen LogP contribution in [-0.2, 0) is 55.3 Å². The molecule has 2 aliphatic carbocycles. The smallest absolute Gasteiger partial charge is 1.00 e. The predicted molar refractivity (Wildman–Crippen MR) is 216 cm³/mol. The summed E-state index contributed by atoms with van der Waals surface area (Å²) >= 11 is -3.51. The molecule has 4 aromatic carbocycles. The van der Waals surface area contributed by atoms with Gasteiger partial charge < -0.3 is 24.8 Å². The van der Waals surface area contributed by atoms with Gasteiger partial charge >= 0.3 is 339 Å². The van der Waals surface area contributed by atoms with Crippen LogP contribution in [0.2, 0.25) is 0 Å². The number of fused-ring (bicyclic) bond motifs is 3. The van der Waals surface area contributed by atoms with Crippen molar-refractivity contribution in [3.8, 4) is 11.1 Å². The summed E-state index contributed by atoms with van der Waals surface area (Å²) in [5, 5.41) is 0. The largest absolute Gasteiger partial charge is 1.00 e. The van der Waals surface area contributed by atoms with Gasteiger partial charge in [0.15, 0.2) is 0 Å². The third-order valence-corrected chi connectivity index (χ3v) is 19.5. The molecule has 0 aliphatic heterocycles. The molecule has 0 bridgehead atoms. The van der Waals surface area contributed by atoms with Crippen molar-refractivity contribution in [2.75, 3.05) is 0 Å². The zero-order valence-corrected chi connectivity index (χ0v) is 39.4. The van der Waals surface area contributed by atoms with Gasteiger partial charge in [-0.15, -0.1) is 0 Å². The second-order valence-corrected chi connectivity index (χ2v) is 25.9. The Labute approximate surface area is 361 Å². The average Bonchev–Trinajstić information content (AvgIpc) is 3.70. The molecule has 0 fully saturated rings. The van der Waals surface area contributed by atoms with Crippen LogP contribution in [0.1, 0.15) is 149 Å². The summed E-state index contributed by atoms with van der Waals surface area (Å²) in [6, 6.07) is 20.2. The van der Waals surface area contributed by atoms with Gasteiger partial charge in [-0.25, -0.2) is 0 Å². The molecule has 0 N–H and O–H groups in total. The van der Waals surface area contributed by atoms with Gasteiger partial charge in [0, 0.05) is 0 Å². The maximum Gasteiger partial charge on any atom is -1.00 e. The number of hydrogen-bond donors (Lipinski definition) is 0. The molecule has 2 aliphatic rings. The molecule has 0 atom stereocenters. The van der Waals surface area contributed by atoms with E-state index >= 15 is 0 Å². The molecule has 0 saturated heterocycles. The van der Waals surface area contributed by atoms with Gasteiger partial charge in [-0.1, -0.05) is 0 Å². The summed E-state index contributed by atoms with van der Waals surface area (Å²) < 4.78 is 85.8. The second kappa shape index (κ2) is 16.3. The topological polar surface area (TPSA) is 0 Å². The van der Waals surface area contributed by atoms with E-state index in [1.54, 1.807) is 0 Å². The Morgan fingerprint density at radius 1 is 0.500 bits per heavy atom. The van der Waals surface area contributed by atoms with E-state index in [9.17, 15) is 26.3 Å². The first kappa shape index (κ1) is 47.9. The molecule has 6 rings (SSSR count). The van der Waals surface area contributed by atoms with Gasteiger partial charge in [-0.2, -0.15) is 0 Å². The summed E-state index contributed by atoms with van der Waals surface area (Å²) in [5.41, 5.74) is 8.83. The summed E-state index contributed by atoms with van der Waals surface area (Å²) in [7, 11) is 0. The van der Waals surface area contributed by atoms with Gasteiger partial charge in [0.1, 0.15) is 0 Å². The summed E-state index contributed by atoms with van der Waals surface area (Å²) in [5.74, 6) is 0. The number of rotatable bonds is 4. The minimum absolute atomic E-state index is 0. The second-order valence-electron chi connectivity index (χ2n) is 19.7. The van der Waals surface area contributed by atoms with Crippen molar-refractivity contribution < 1.29 is 72.4 Å². The maximum absolute atomic E-state index is 14.0. The van der Waals surface area contributed by atoms with E-state index in [-0.39, 0.29) is 50.1 Å². The van der Waals surface area contributed by atoms with E-state index in [4.69, 9.17) is 0 Å². The SMILES string of the molecule is CC(C)(C)c1cc2c(cc1C(C)(C)C)[CH]([Zr+2]([C]1=CC=CC1)=[C](c1ccc(C(F)(F)F)cc1)c1ccc(C(F)(F)F)cc1)c1cc(C(C)(C)C)c(C(C)(C)C)cc1-2.[Cl-].[Cl-]. The number of benzene rings is 4. The molecular weight excluding hydrogens is 865 g/mol. The zero-order chi connectivity index (χ0) is 41.6. The Balaban J connectivity index is 0.00000372. The summed E-state index contributed by atoms with van der Waals surface area (Å²) in [6.45, 7) is 26.9. The van der Waals surface area contributed by atoms with Crippen LogP contribution in [0.5, 0.6) is 0 Å². The molecule has 0 heterocycles. The molecule has 9 heteroatoms. The Kier molecular flexibility index (Phi) is 13.5. The van der Waals surface area contributed by atoms with Crippen LogP contribution >= 0.6 is 0 Å². The van der Waals surface area contributed by atoms with Gasteiger partial charge in [0.25, 0.3) is 0 Å². The fourth-order valence-corrected chi connectivity index (χ4v) is 17.4. The number of allylic oxidation sites excluding steroid dienone is 4. The van der Waals surface area contributed by atoms with Crippen LogP contribution in [0.3, 0.4) is 0 Å². The molecule has 0 aromatic heterocycles. The standard InChI is InChI=1S/C29H41.C15H8F6.C5H5.2ClH.Zr/c1-26(2,3)22-14-18-13-19-15-23(27(4,5)6)25(29(10,11)12)17-21(19)20(18)16-24(22)28(7,8)9;16-14(17,18)12-5-1-10(2-6-12)9-11-3-7-13(8-4-11)15(19,20)21;1-2-4-5-3-1;;;/h13-17H,1-12H3;1-8H;1-3H,4H2;2*1H;/q;;;;;+2/p-2. The zero-order valence-electron chi connectivity index (χ0n) is 35.5. The first-order valence-electron chi connectivity index (χ1n) is 19.4. The quantitative estimate of drug-likeness (QED) is 0.180. The van der Waals surface area contributed by atoms with E-state index in [1.165, 1.54) is 72.1 Å². The third-order valence-electron chi connectivity index (χ3n) is 11.2. The fraction of sp³-hybridized carbons (Fsp3) is 0.408. The van der Waals surface area contributed by atoms with Crippen LogP contribution in [0.25, 0.3) is 11.1 Å². The van der Waals surface area contributed by atoms with Gasteiger partial charge in [0.05, 0.1) is 0 Å². The van der Waals surface area contributed by atoms with Crippen LogP contribution in [-0.4, -0.2) is 3.21 Å². The molecular formula is C49H54Cl2F6Zr. The van der Waals surface area contributed by atoms with Crippen LogP contribution in [0.4, 0.5) is 26.3 Å². The maximum atomic E-state index is 14.0. The molecule has 310 valence electrons. The first-order valence-corrected chi connectivity index (χ1v) is 23.3. The van der Waals surface area contributed by atoms with Crippen LogP contribution in [0, 0.1) is 0 Å². The Morgan fingerprint density at radius 3 is 1.10 bits per heavy atom. The molecule has 0 saturated carbocycles. The van der Waals surface area contributed by atoms with E-state index in [2.05, 4.69) is 126 Å². The normalized spacial score (nSPS) is 14.5. The number of alkyl halides is 6. The van der Waals surface area contributed by atoms with Crippen molar-refractivity contribution in [3.05, 3.63) is 150 Å². The fourth-order valence-electron chi connectivity index (χ4n) is 8.40. The molecule has 4 aromatic rings. The van der Waals surface area contributed by atoms with E-state index < -0.39 is 44.7 Å². The Morgan fingerprint density at radius 2 is 0.828 bits per heavy atom. The first-order chi connectivity index (χ1) is 25.6. The van der Waals surface area contributed by atoms with Crippen LogP contribution in [0.15, 0.2) is 94.3 Å². The summed E-state index contributed by atoms with van der Waals surface area (Å²) in [4.78, 5) is 0. The molecule has 0 spiro atoms. The minimum Gasteiger partial charge on any atom is -1.00 e. The Bertz CT molecular complexity index is 2120. The molecule has 0 amide bonds. The van der Waals surface area contributed by atoms with Gasteiger partial charge in [-0.05, 0) is 0 Å². The predicted octanol–water partition coefficient (Wildman–Crippen LogP) is 8.72. The number of halogens is 8. The van der Waals surface area contributed by atoms with Crippen molar-refractivity contribution in [1.82, 2.24) is 0 Å². The molecule has 58 heavy (non-hydrogen) atoms.